The van der Waals surface area contributed by atoms with Crippen molar-refractivity contribution in [2.45, 2.75) is 90.1 Å². The van der Waals surface area contributed by atoms with Gasteiger partial charge in [-0.05, 0) is 42.4 Å². The van der Waals surface area contributed by atoms with Gasteiger partial charge in [-0.3, -0.25) is 0 Å². The molecule has 0 heterocycles. The second-order valence-corrected chi connectivity index (χ2v) is 7.94. The van der Waals surface area contributed by atoms with Crippen molar-refractivity contribution in [3.63, 3.8) is 0 Å². The van der Waals surface area contributed by atoms with E-state index in [4.69, 9.17) is 0 Å². The fourth-order valence-electron chi connectivity index (χ4n) is 4.16. The normalized spacial score (nSPS) is 21.1. The zero-order valence-corrected chi connectivity index (χ0v) is 15.9. The predicted octanol–water partition coefficient (Wildman–Crippen LogP) is 7.94. The molecule has 0 aliphatic heterocycles. The SMILES string of the molecule is CCCCCCCC1CCC(CCc2ccc(C(F)(F)F)c(F)c2)CC1. The molecule has 0 amide bonds. The fourth-order valence-corrected chi connectivity index (χ4v) is 4.16. The lowest BCUT2D eigenvalue weighted by Gasteiger charge is -2.28. The van der Waals surface area contributed by atoms with Crippen LogP contribution in [0.5, 0.6) is 0 Å². The smallest absolute Gasteiger partial charge is 0.206 e. The summed E-state index contributed by atoms with van der Waals surface area (Å²) in [5.74, 6) is 0.342. The Morgan fingerprint density at radius 3 is 2.08 bits per heavy atom. The van der Waals surface area contributed by atoms with Gasteiger partial charge in [-0.2, -0.15) is 13.2 Å². The molecular weight excluding hydrogens is 340 g/mol. The number of alkyl halides is 3. The molecule has 0 radical (unpaired) electrons. The van der Waals surface area contributed by atoms with Gasteiger partial charge in [0.15, 0.2) is 0 Å². The summed E-state index contributed by atoms with van der Waals surface area (Å²) in [6, 6.07) is 3.36. The van der Waals surface area contributed by atoms with Crippen molar-refractivity contribution in [2.75, 3.05) is 0 Å². The molecular formula is C22H32F4. The predicted molar refractivity (Wildman–Crippen MR) is 98.5 cm³/mol. The van der Waals surface area contributed by atoms with Crippen LogP contribution in [-0.2, 0) is 12.6 Å². The minimum absolute atomic E-state index is 0.636. The van der Waals surface area contributed by atoms with Gasteiger partial charge in [0, 0.05) is 0 Å². The fraction of sp³-hybridized carbons (Fsp3) is 0.727. The second kappa shape index (κ2) is 10.3. The number of unbranched alkanes of at least 4 members (excludes halogenated alkanes) is 4. The van der Waals surface area contributed by atoms with Crippen LogP contribution in [0.15, 0.2) is 18.2 Å². The highest BCUT2D eigenvalue weighted by molar-refractivity contribution is 5.26. The third-order valence-electron chi connectivity index (χ3n) is 5.86. The van der Waals surface area contributed by atoms with E-state index in [-0.39, 0.29) is 0 Å². The summed E-state index contributed by atoms with van der Waals surface area (Å²) in [6.07, 6.45) is 10.0. The molecule has 0 atom stereocenters. The summed E-state index contributed by atoms with van der Waals surface area (Å²) in [4.78, 5) is 0. The molecule has 26 heavy (non-hydrogen) atoms. The van der Waals surface area contributed by atoms with Crippen molar-refractivity contribution >= 4 is 0 Å². The first-order chi connectivity index (χ1) is 12.4. The van der Waals surface area contributed by atoms with Crippen molar-refractivity contribution in [2.24, 2.45) is 11.8 Å². The van der Waals surface area contributed by atoms with Crippen LogP contribution in [-0.4, -0.2) is 0 Å². The Balaban J connectivity index is 1.68. The van der Waals surface area contributed by atoms with Gasteiger partial charge >= 0.3 is 6.18 Å². The third-order valence-corrected chi connectivity index (χ3v) is 5.86. The zero-order valence-electron chi connectivity index (χ0n) is 15.9. The number of rotatable bonds is 9. The molecule has 0 unspecified atom stereocenters. The number of halogens is 4. The van der Waals surface area contributed by atoms with Crippen LogP contribution in [0.4, 0.5) is 17.6 Å². The topological polar surface area (TPSA) is 0 Å². The average Bonchev–Trinajstić information content (AvgIpc) is 2.60. The molecule has 1 aliphatic carbocycles. The summed E-state index contributed by atoms with van der Waals surface area (Å²) in [6.45, 7) is 2.24. The number of aryl methyl sites for hydroxylation is 1. The molecule has 0 bridgehead atoms. The van der Waals surface area contributed by atoms with Gasteiger partial charge in [0.25, 0.3) is 0 Å². The van der Waals surface area contributed by atoms with E-state index in [1.165, 1.54) is 70.3 Å². The Hall–Kier alpha value is -1.06. The van der Waals surface area contributed by atoms with Crippen LogP contribution in [0, 0.1) is 17.7 Å². The molecule has 0 nitrogen and oxygen atoms in total. The Bertz CT molecular complexity index is 527. The molecule has 0 saturated heterocycles. The minimum Gasteiger partial charge on any atom is -0.206 e. The summed E-state index contributed by atoms with van der Waals surface area (Å²) in [5.41, 5.74) is -0.491. The van der Waals surface area contributed by atoms with E-state index >= 15 is 0 Å². The van der Waals surface area contributed by atoms with E-state index in [1.54, 1.807) is 0 Å². The quantitative estimate of drug-likeness (QED) is 0.305. The molecule has 1 saturated carbocycles. The van der Waals surface area contributed by atoms with Crippen LogP contribution in [0.3, 0.4) is 0 Å². The third kappa shape index (κ3) is 6.92. The van der Waals surface area contributed by atoms with E-state index < -0.39 is 17.6 Å². The maximum atomic E-state index is 13.6. The first-order valence-corrected chi connectivity index (χ1v) is 10.3. The van der Waals surface area contributed by atoms with Crippen LogP contribution in [0.2, 0.25) is 0 Å². The van der Waals surface area contributed by atoms with Crippen molar-refractivity contribution in [3.05, 3.63) is 35.1 Å². The van der Waals surface area contributed by atoms with E-state index in [2.05, 4.69) is 6.92 Å². The van der Waals surface area contributed by atoms with Crippen molar-refractivity contribution in [1.82, 2.24) is 0 Å². The van der Waals surface area contributed by atoms with Gasteiger partial charge in [0.1, 0.15) is 5.82 Å². The van der Waals surface area contributed by atoms with Gasteiger partial charge in [0.05, 0.1) is 5.56 Å². The Labute approximate surface area is 155 Å². The lowest BCUT2D eigenvalue weighted by Crippen LogP contribution is -2.15. The number of hydrogen-bond donors (Lipinski definition) is 0. The van der Waals surface area contributed by atoms with Crippen LogP contribution in [0.1, 0.15) is 88.7 Å². The van der Waals surface area contributed by atoms with Crippen LogP contribution in [0.25, 0.3) is 0 Å². The Kier molecular flexibility index (Phi) is 8.43. The molecule has 148 valence electrons. The highest BCUT2D eigenvalue weighted by Gasteiger charge is 2.33. The number of hydrogen-bond acceptors (Lipinski definition) is 0. The van der Waals surface area contributed by atoms with Gasteiger partial charge < -0.3 is 0 Å². The van der Waals surface area contributed by atoms with E-state index in [1.807, 2.05) is 0 Å². The molecule has 0 spiro atoms. The molecule has 2 rings (SSSR count). The molecule has 1 aromatic rings. The monoisotopic (exact) mass is 372 g/mol. The summed E-state index contributed by atoms with van der Waals surface area (Å²) in [5, 5.41) is 0. The van der Waals surface area contributed by atoms with Gasteiger partial charge in [-0.1, -0.05) is 77.2 Å². The maximum Gasteiger partial charge on any atom is 0.419 e. The van der Waals surface area contributed by atoms with Crippen LogP contribution < -0.4 is 0 Å². The summed E-state index contributed by atoms with van der Waals surface area (Å²) in [7, 11) is 0. The Morgan fingerprint density at radius 2 is 1.50 bits per heavy atom. The van der Waals surface area contributed by atoms with Gasteiger partial charge in [-0.25, -0.2) is 4.39 Å². The minimum atomic E-state index is -4.61. The maximum absolute atomic E-state index is 13.6. The molecule has 4 heteroatoms. The highest BCUT2D eigenvalue weighted by atomic mass is 19.4. The summed E-state index contributed by atoms with van der Waals surface area (Å²) < 4.78 is 51.4. The van der Waals surface area contributed by atoms with E-state index in [0.29, 0.717) is 17.9 Å². The highest BCUT2D eigenvalue weighted by Crippen LogP contribution is 2.35. The van der Waals surface area contributed by atoms with Crippen molar-refractivity contribution in [3.8, 4) is 0 Å². The molecule has 0 N–H and O–H groups in total. The lowest BCUT2D eigenvalue weighted by molar-refractivity contribution is -0.140. The van der Waals surface area contributed by atoms with Crippen molar-refractivity contribution < 1.29 is 17.6 Å². The largest absolute Gasteiger partial charge is 0.419 e. The molecule has 0 aromatic heterocycles. The summed E-state index contributed by atoms with van der Waals surface area (Å²) >= 11 is 0. The standard InChI is InChI=1S/C22H32F4/c1-2-3-4-5-6-7-17-8-10-18(11-9-17)12-13-19-14-15-20(21(23)16-19)22(24,25)26/h14-18H,2-13H2,1H3. The van der Waals surface area contributed by atoms with Crippen molar-refractivity contribution in [1.29, 1.82) is 0 Å². The zero-order chi connectivity index (χ0) is 19.0. The number of benzene rings is 1. The van der Waals surface area contributed by atoms with Gasteiger partial charge in [0.2, 0.25) is 0 Å². The Morgan fingerprint density at radius 1 is 0.885 bits per heavy atom. The average molecular weight is 372 g/mol. The first kappa shape index (κ1) is 21.2. The van der Waals surface area contributed by atoms with E-state index in [0.717, 1.165) is 24.5 Å². The molecule has 1 aliphatic rings. The molecule has 1 aromatic carbocycles. The van der Waals surface area contributed by atoms with Crippen LogP contribution >= 0.6 is 0 Å². The van der Waals surface area contributed by atoms with E-state index in [9.17, 15) is 17.6 Å². The molecule has 1 fully saturated rings. The lowest BCUT2D eigenvalue weighted by atomic mass is 9.77. The second-order valence-electron chi connectivity index (χ2n) is 7.94. The van der Waals surface area contributed by atoms with Gasteiger partial charge in [-0.15, -0.1) is 0 Å². The first-order valence-electron chi connectivity index (χ1n) is 10.3.